The van der Waals surface area contributed by atoms with Crippen molar-refractivity contribution in [2.24, 2.45) is 11.8 Å². The lowest BCUT2D eigenvalue weighted by Gasteiger charge is -2.28. The number of carboxylic acid groups (broad SMARTS) is 1. The summed E-state index contributed by atoms with van der Waals surface area (Å²) >= 11 is 6.27. The van der Waals surface area contributed by atoms with E-state index < -0.39 is 5.97 Å². The number of aromatic amines is 1. The average molecular weight is 522 g/mol. The van der Waals surface area contributed by atoms with Crippen LogP contribution in [-0.4, -0.2) is 45.8 Å². The van der Waals surface area contributed by atoms with Gasteiger partial charge in [-0.2, -0.15) is 5.10 Å². The first-order chi connectivity index (χ1) is 17.8. The predicted octanol–water partition coefficient (Wildman–Crippen LogP) is 6.90. The van der Waals surface area contributed by atoms with Crippen molar-refractivity contribution in [3.05, 3.63) is 63.8 Å². The van der Waals surface area contributed by atoms with Crippen molar-refractivity contribution >= 4 is 34.0 Å². The van der Waals surface area contributed by atoms with E-state index >= 15 is 0 Å². The Balaban J connectivity index is 1.32. The number of hydrogen-bond acceptors (Lipinski definition) is 4. The van der Waals surface area contributed by atoms with Gasteiger partial charge in [-0.25, -0.2) is 0 Å². The van der Waals surface area contributed by atoms with Crippen LogP contribution in [0.4, 0.5) is 0 Å². The molecule has 0 bridgehead atoms. The molecule has 2 heterocycles. The third-order valence-electron chi connectivity index (χ3n) is 8.03. The van der Waals surface area contributed by atoms with E-state index in [1.54, 1.807) is 0 Å². The molecule has 7 heteroatoms. The van der Waals surface area contributed by atoms with Gasteiger partial charge < -0.3 is 9.84 Å². The number of aryl methyl sites for hydroxylation is 1. The lowest BCUT2D eigenvalue weighted by molar-refractivity contribution is -0.142. The fraction of sp³-hybridized carbons (Fsp3) is 0.467. The standard InChI is InChI=1S/C30H36ClN3O3/c1-18(2)28(22-8-11-27-26(16-22)29(31)33-32-27)37-24-9-10-25-19(3)23(7-6-21(25)15-24)17-34-13-4-5-20(12-14-34)30(35)36/h8-11,15-16,18,20,28H,4-7,12-14,17H2,1-3H3,(H,32,33)(H,35,36). The lowest BCUT2D eigenvalue weighted by Crippen LogP contribution is -2.28. The number of carboxylic acids is 1. The van der Waals surface area contributed by atoms with E-state index in [4.69, 9.17) is 16.3 Å². The maximum atomic E-state index is 11.4. The zero-order valence-electron chi connectivity index (χ0n) is 21.9. The molecule has 196 valence electrons. The molecule has 2 atom stereocenters. The minimum atomic E-state index is -0.646. The van der Waals surface area contributed by atoms with E-state index in [1.165, 1.54) is 22.3 Å². The maximum Gasteiger partial charge on any atom is 0.306 e. The summed E-state index contributed by atoms with van der Waals surface area (Å²) in [6, 6.07) is 12.7. The molecule has 1 aliphatic heterocycles. The van der Waals surface area contributed by atoms with Crippen molar-refractivity contribution in [2.75, 3.05) is 19.6 Å². The summed E-state index contributed by atoms with van der Waals surface area (Å²) in [5.74, 6) is 0.326. The number of H-pyrrole nitrogens is 1. The molecule has 1 aromatic heterocycles. The second-order valence-electron chi connectivity index (χ2n) is 10.9. The molecule has 0 amide bonds. The van der Waals surface area contributed by atoms with Gasteiger partial charge in [-0.1, -0.05) is 43.2 Å². The van der Waals surface area contributed by atoms with Gasteiger partial charge in [0.25, 0.3) is 0 Å². The molecular formula is C30H36ClN3O3. The van der Waals surface area contributed by atoms with Crippen LogP contribution in [0.2, 0.25) is 5.15 Å². The molecule has 5 rings (SSSR count). The molecule has 2 aromatic carbocycles. The Hall–Kier alpha value is -2.83. The zero-order valence-corrected chi connectivity index (χ0v) is 22.6. The summed E-state index contributed by atoms with van der Waals surface area (Å²) in [5.41, 5.74) is 7.47. The Bertz CT molecular complexity index is 1330. The number of aromatic nitrogens is 2. The number of halogens is 1. The minimum Gasteiger partial charge on any atom is -0.485 e. The molecule has 37 heavy (non-hydrogen) atoms. The van der Waals surface area contributed by atoms with Crippen molar-refractivity contribution in [2.45, 2.75) is 59.0 Å². The number of fused-ring (bicyclic) bond motifs is 2. The summed E-state index contributed by atoms with van der Waals surface area (Å²) in [4.78, 5) is 13.9. The second kappa shape index (κ2) is 10.9. The maximum absolute atomic E-state index is 11.4. The summed E-state index contributed by atoms with van der Waals surface area (Å²) in [6.45, 7) is 9.35. The molecule has 1 saturated heterocycles. The highest BCUT2D eigenvalue weighted by molar-refractivity contribution is 6.34. The van der Waals surface area contributed by atoms with Gasteiger partial charge in [0.05, 0.1) is 11.4 Å². The first-order valence-electron chi connectivity index (χ1n) is 13.4. The van der Waals surface area contributed by atoms with E-state index in [9.17, 15) is 9.90 Å². The first kappa shape index (κ1) is 25.8. The Kier molecular flexibility index (Phi) is 7.59. The minimum absolute atomic E-state index is 0.0955. The van der Waals surface area contributed by atoms with Crippen LogP contribution < -0.4 is 4.74 Å². The number of benzene rings is 2. The van der Waals surface area contributed by atoms with E-state index in [0.717, 1.165) is 74.0 Å². The van der Waals surface area contributed by atoms with E-state index in [1.807, 2.05) is 6.07 Å². The number of rotatable bonds is 7. The van der Waals surface area contributed by atoms with E-state index in [0.29, 0.717) is 5.15 Å². The largest absolute Gasteiger partial charge is 0.485 e. The highest BCUT2D eigenvalue weighted by Gasteiger charge is 2.25. The number of aliphatic carboxylic acids is 1. The summed E-state index contributed by atoms with van der Waals surface area (Å²) in [6.07, 6.45) is 4.42. The molecule has 1 aliphatic carbocycles. The van der Waals surface area contributed by atoms with Gasteiger partial charge in [0.1, 0.15) is 11.9 Å². The van der Waals surface area contributed by atoms with Crippen molar-refractivity contribution in [3.8, 4) is 5.75 Å². The normalized spacial score (nSPS) is 19.6. The molecule has 3 aromatic rings. The van der Waals surface area contributed by atoms with Crippen molar-refractivity contribution < 1.29 is 14.6 Å². The van der Waals surface area contributed by atoms with Crippen LogP contribution >= 0.6 is 11.6 Å². The monoisotopic (exact) mass is 521 g/mol. The van der Waals surface area contributed by atoms with Crippen LogP contribution in [0.5, 0.6) is 5.75 Å². The predicted molar refractivity (Wildman–Crippen MR) is 148 cm³/mol. The first-order valence-corrected chi connectivity index (χ1v) is 13.7. The fourth-order valence-electron chi connectivity index (χ4n) is 5.82. The highest BCUT2D eigenvalue weighted by Crippen LogP contribution is 2.37. The van der Waals surface area contributed by atoms with Crippen LogP contribution in [0.1, 0.15) is 69.2 Å². The van der Waals surface area contributed by atoms with Crippen molar-refractivity contribution in [1.29, 1.82) is 0 Å². The Morgan fingerprint density at radius 1 is 1.19 bits per heavy atom. The van der Waals surface area contributed by atoms with Crippen LogP contribution in [0, 0.1) is 11.8 Å². The summed E-state index contributed by atoms with van der Waals surface area (Å²) in [7, 11) is 0. The molecule has 0 saturated carbocycles. The summed E-state index contributed by atoms with van der Waals surface area (Å²) < 4.78 is 6.57. The molecular weight excluding hydrogens is 486 g/mol. The number of nitrogens with zero attached hydrogens (tertiary/aromatic N) is 2. The third kappa shape index (κ3) is 5.55. The van der Waals surface area contributed by atoms with Gasteiger partial charge in [0, 0.05) is 11.9 Å². The quantitative estimate of drug-likeness (QED) is 0.353. The van der Waals surface area contributed by atoms with Crippen LogP contribution in [0.25, 0.3) is 16.5 Å². The zero-order chi connectivity index (χ0) is 26.1. The molecule has 0 spiro atoms. The lowest BCUT2D eigenvalue weighted by atomic mass is 9.86. The van der Waals surface area contributed by atoms with Gasteiger partial charge >= 0.3 is 5.97 Å². The van der Waals surface area contributed by atoms with Gasteiger partial charge in [-0.05, 0) is 105 Å². The Morgan fingerprint density at radius 3 is 2.81 bits per heavy atom. The van der Waals surface area contributed by atoms with Crippen molar-refractivity contribution in [3.63, 3.8) is 0 Å². The van der Waals surface area contributed by atoms with E-state index in [2.05, 4.69) is 66.2 Å². The highest BCUT2D eigenvalue weighted by atomic mass is 35.5. The van der Waals surface area contributed by atoms with Crippen molar-refractivity contribution in [1.82, 2.24) is 15.1 Å². The molecule has 2 aliphatic rings. The molecule has 6 nitrogen and oxygen atoms in total. The van der Waals surface area contributed by atoms with Gasteiger partial charge in [0.2, 0.25) is 0 Å². The molecule has 1 fully saturated rings. The van der Waals surface area contributed by atoms with Gasteiger partial charge in [0.15, 0.2) is 5.15 Å². The topological polar surface area (TPSA) is 78.5 Å². The fourth-order valence-corrected chi connectivity index (χ4v) is 6.02. The second-order valence-corrected chi connectivity index (χ2v) is 11.2. The smallest absolute Gasteiger partial charge is 0.306 e. The number of hydrogen-bond donors (Lipinski definition) is 2. The van der Waals surface area contributed by atoms with Crippen LogP contribution in [0.3, 0.4) is 0 Å². The number of allylic oxidation sites excluding steroid dienone is 1. The van der Waals surface area contributed by atoms with E-state index in [-0.39, 0.29) is 17.9 Å². The molecule has 2 unspecified atom stereocenters. The Morgan fingerprint density at radius 2 is 2.03 bits per heavy atom. The molecule has 2 N–H and O–H groups in total. The van der Waals surface area contributed by atoms with Gasteiger partial charge in [-0.3, -0.25) is 14.8 Å². The number of likely N-dealkylation sites (tertiary alicyclic amines) is 1. The van der Waals surface area contributed by atoms with Crippen LogP contribution in [-0.2, 0) is 11.2 Å². The number of nitrogens with one attached hydrogen (secondary N) is 1. The third-order valence-corrected chi connectivity index (χ3v) is 8.32. The summed E-state index contributed by atoms with van der Waals surface area (Å²) in [5, 5.41) is 17.8. The number of carbonyl (C=O) groups is 1. The number of ether oxygens (including phenoxy) is 1. The average Bonchev–Trinajstić information content (AvgIpc) is 3.08. The van der Waals surface area contributed by atoms with Gasteiger partial charge in [-0.15, -0.1) is 0 Å². The Labute approximate surface area is 223 Å². The van der Waals surface area contributed by atoms with Crippen LogP contribution in [0.15, 0.2) is 42.0 Å². The SMILES string of the molecule is CC1=C(CN2CCCC(C(=O)O)CC2)CCc2cc(OC(c3ccc4[nH]nc(Cl)c4c3)C(C)C)ccc21. The molecule has 0 radical (unpaired) electrons.